The van der Waals surface area contributed by atoms with Crippen LogP contribution < -0.4 is 0 Å². The Morgan fingerprint density at radius 2 is 0.786 bits per heavy atom. The smallest absolute Gasteiger partial charge is 0.379 e. The van der Waals surface area contributed by atoms with Crippen LogP contribution in [0.1, 0.15) is 198 Å². The van der Waals surface area contributed by atoms with Crippen LogP contribution >= 0.6 is 7.82 Å². The Labute approximate surface area is 351 Å². The monoisotopic (exact) mass is 819 g/mol. The molecule has 8 atom stereocenters. The van der Waals surface area contributed by atoms with Gasteiger partial charge in [-0.3, -0.25) is 9.05 Å². The van der Waals surface area contributed by atoms with Gasteiger partial charge in [0.1, 0.15) is 19.3 Å². The van der Waals surface area contributed by atoms with Crippen LogP contribution in [0.5, 0.6) is 0 Å². The summed E-state index contributed by atoms with van der Waals surface area (Å²) in [6, 6.07) is 0. The van der Waals surface area contributed by atoms with Gasteiger partial charge in [-0.25, -0.2) is 4.57 Å². The summed E-state index contributed by atoms with van der Waals surface area (Å²) in [6.45, 7) is 26.0. The highest BCUT2D eigenvalue weighted by Crippen LogP contribution is 2.43. The van der Waals surface area contributed by atoms with Crippen LogP contribution in [0.4, 0.5) is 0 Å². The van der Waals surface area contributed by atoms with E-state index in [0.717, 1.165) is 48.3 Å². The molecule has 0 saturated heterocycles. The van der Waals surface area contributed by atoms with Crippen LogP contribution in [-0.2, 0) is 23.1 Å². The molecule has 0 heterocycles. The molecule has 0 aromatic rings. The molecule has 0 aromatic carbocycles. The molecule has 0 aliphatic heterocycles. The fourth-order valence-corrected chi connectivity index (χ4v) is 8.34. The summed E-state index contributed by atoms with van der Waals surface area (Å²) < 4.78 is 36.3. The molecule has 338 valence electrons. The maximum Gasteiger partial charge on any atom is 0.472 e. The Morgan fingerprint density at radius 1 is 0.446 bits per heavy atom. The lowest BCUT2D eigenvalue weighted by Gasteiger charge is -2.24. The summed E-state index contributed by atoms with van der Waals surface area (Å²) in [5, 5.41) is 0. The van der Waals surface area contributed by atoms with Crippen molar-refractivity contribution in [1.82, 2.24) is 0 Å². The minimum Gasteiger partial charge on any atom is -0.379 e. The van der Waals surface area contributed by atoms with E-state index in [4.69, 9.17) is 18.5 Å². The lowest BCUT2D eigenvalue weighted by atomic mass is 9.91. The summed E-state index contributed by atoms with van der Waals surface area (Å²) >= 11 is 0. The van der Waals surface area contributed by atoms with Crippen molar-refractivity contribution in [2.45, 2.75) is 204 Å². The normalized spacial score (nSPS) is 17.5. The minimum absolute atomic E-state index is 0.0233. The number of ether oxygens (including phenoxy) is 2. The van der Waals surface area contributed by atoms with E-state index in [1.807, 2.05) is 21.1 Å². The summed E-state index contributed by atoms with van der Waals surface area (Å²) in [5.74, 6) is 6.15. The topological polar surface area (TPSA) is 74.2 Å². The van der Waals surface area contributed by atoms with Crippen LogP contribution in [0.25, 0.3) is 0 Å². The average Bonchev–Trinajstić information content (AvgIpc) is 3.07. The Balaban J connectivity index is 4.55. The van der Waals surface area contributed by atoms with Crippen molar-refractivity contribution in [2.75, 3.05) is 60.7 Å². The number of nitrogens with zero attached hydrogens (tertiary/aromatic N) is 1. The number of phosphoric acid groups is 1. The second kappa shape index (κ2) is 33.7. The highest BCUT2D eigenvalue weighted by molar-refractivity contribution is 7.47. The molecule has 0 rings (SSSR count). The van der Waals surface area contributed by atoms with E-state index >= 15 is 0 Å². The van der Waals surface area contributed by atoms with Crippen molar-refractivity contribution in [2.24, 2.45) is 47.3 Å². The molecule has 0 aliphatic rings. The first-order valence-electron chi connectivity index (χ1n) is 23.9. The molecule has 0 fully saturated rings. The first kappa shape index (κ1) is 56.0. The van der Waals surface area contributed by atoms with E-state index in [1.54, 1.807) is 0 Å². The van der Waals surface area contributed by atoms with Crippen molar-refractivity contribution in [3.8, 4) is 0 Å². The van der Waals surface area contributed by atoms with Crippen molar-refractivity contribution < 1.29 is 32.5 Å². The molecule has 0 aromatic heterocycles. The van der Waals surface area contributed by atoms with Gasteiger partial charge in [0.05, 0.1) is 34.4 Å². The first-order chi connectivity index (χ1) is 26.3. The number of phosphoric ester groups is 1. The number of likely N-dealkylation sites (N-methyl/N-ethyl adjacent to an activating group) is 1. The maximum atomic E-state index is 12.6. The lowest BCUT2D eigenvalue weighted by molar-refractivity contribution is -0.870. The van der Waals surface area contributed by atoms with Gasteiger partial charge in [-0.1, -0.05) is 185 Å². The molecule has 0 spiro atoms. The average molecular weight is 819 g/mol. The van der Waals surface area contributed by atoms with Crippen molar-refractivity contribution in [3.05, 3.63) is 0 Å². The third-order valence-corrected chi connectivity index (χ3v) is 13.0. The van der Waals surface area contributed by atoms with Gasteiger partial charge >= 0.3 is 7.82 Å². The molecular formula is C48H101NO6P+. The van der Waals surface area contributed by atoms with Gasteiger partial charge in [-0.15, -0.1) is 0 Å². The van der Waals surface area contributed by atoms with Crippen LogP contribution in [-0.4, -0.2) is 76.2 Å². The zero-order chi connectivity index (χ0) is 42.4. The summed E-state index contributed by atoms with van der Waals surface area (Å²) in [4.78, 5) is 10.3. The van der Waals surface area contributed by atoms with Gasteiger partial charge in [-0.05, 0) is 60.2 Å². The highest BCUT2D eigenvalue weighted by atomic mass is 31.2. The molecule has 0 saturated carbocycles. The fourth-order valence-electron chi connectivity index (χ4n) is 7.60. The fraction of sp³-hybridized carbons (Fsp3) is 1.00. The molecule has 7 nitrogen and oxygen atoms in total. The summed E-state index contributed by atoms with van der Waals surface area (Å²) in [5.41, 5.74) is 0. The Morgan fingerprint density at radius 3 is 1.14 bits per heavy atom. The highest BCUT2D eigenvalue weighted by Gasteiger charge is 2.25. The third-order valence-electron chi connectivity index (χ3n) is 12.0. The Bertz CT molecular complexity index is 926. The molecule has 56 heavy (non-hydrogen) atoms. The number of hydrogen-bond donors (Lipinski definition) is 1. The molecule has 8 heteroatoms. The predicted molar refractivity (Wildman–Crippen MR) is 242 cm³/mol. The molecule has 0 radical (unpaired) electrons. The number of hydrogen-bond acceptors (Lipinski definition) is 5. The van der Waals surface area contributed by atoms with Gasteiger partial charge in [-0.2, -0.15) is 0 Å². The third kappa shape index (κ3) is 38.2. The predicted octanol–water partition coefficient (Wildman–Crippen LogP) is 14.2. The largest absolute Gasteiger partial charge is 0.472 e. The molecule has 0 aliphatic carbocycles. The van der Waals surface area contributed by atoms with Crippen molar-refractivity contribution in [1.29, 1.82) is 0 Å². The van der Waals surface area contributed by atoms with Crippen LogP contribution in [0.2, 0.25) is 0 Å². The Hall–Kier alpha value is -0.0100. The van der Waals surface area contributed by atoms with Crippen molar-refractivity contribution in [3.63, 3.8) is 0 Å². The Kier molecular flexibility index (Phi) is 33.7. The first-order valence-corrected chi connectivity index (χ1v) is 25.4. The van der Waals surface area contributed by atoms with E-state index in [1.165, 1.54) is 116 Å². The second-order valence-corrected chi connectivity index (χ2v) is 22.2. The van der Waals surface area contributed by atoms with Gasteiger partial charge in [0.25, 0.3) is 0 Å². The lowest BCUT2D eigenvalue weighted by Crippen LogP contribution is -2.37. The summed E-state index contributed by atoms with van der Waals surface area (Å²) in [6.07, 6.45) is 25.6. The molecule has 1 N–H and O–H groups in total. The second-order valence-electron chi connectivity index (χ2n) is 20.8. The van der Waals surface area contributed by atoms with E-state index < -0.39 is 13.9 Å². The van der Waals surface area contributed by atoms with Gasteiger partial charge in [0, 0.05) is 13.2 Å². The quantitative estimate of drug-likeness (QED) is 0.0377. The van der Waals surface area contributed by atoms with Crippen LogP contribution in [0.15, 0.2) is 0 Å². The van der Waals surface area contributed by atoms with Gasteiger partial charge < -0.3 is 18.9 Å². The molecular weight excluding hydrogens is 718 g/mol. The zero-order valence-electron chi connectivity index (χ0n) is 40.0. The molecule has 0 bridgehead atoms. The van der Waals surface area contributed by atoms with Crippen LogP contribution in [0.3, 0.4) is 0 Å². The van der Waals surface area contributed by atoms with E-state index in [9.17, 15) is 9.46 Å². The van der Waals surface area contributed by atoms with E-state index in [2.05, 4.69) is 69.2 Å². The minimum atomic E-state index is -4.17. The number of rotatable bonds is 40. The maximum absolute atomic E-state index is 12.6. The number of quaternary nitrogens is 1. The molecule has 7 unspecified atom stereocenters. The van der Waals surface area contributed by atoms with Crippen LogP contribution in [0, 0.1) is 47.3 Å². The SMILES string of the molecule is CC(C)CCCC(C)CCCC(C)CCCC(C)CCOC[C@H](COP(=O)(O)OCC[N+](C)(C)C)OCCC(C)CCCC(C)CCCC(C)CCCC(C)C. The molecule has 0 amide bonds. The van der Waals surface area contributed by atoms with Crippen molar-refractivity contribution >= 4 is 7.82 Å². The van der Waals surface area contributed by atoms with Gasteiger partial charge in [0.15, 0.2) is 0 Å². The zero-order valence-corrected chi connectivity index (χ0v) is 40.9. The van der Waals surface area contributed by atoms with E-state index in [0.29, 0.717) is 42.7 Å². The standard InChI is InChI=1S/C48H100NO6P/c1-40(2)20-14-22-42(5)24-16-26-44(7)28-18-30-46(9)32-35-52-38-48(39-55-56(50,51)54-37-34-49(11,12)13)53-36-33-47(10)31-19-29-45(8)27-17-25-43(6)23-15-21-41(3)4/h40-48H,14-39H2,1-13H3/p+1/t42?,43?,44?,45?,46?,47?,48-/m1/s1. The summed E-state index contributed by atoms with van der Waals surface area (Å²) in [7, 11) is 1.89. The van der Waals surface area contributed by atoms with Gasteiger partial charge in [0.2, 0.25) is 0 Å². The van der Waals surface area contributed by atoms with E-state index in [-0.39, 0.29) is 13.2 Å².